The molecule has 0 aliphatic rings. The van der Waals surface area contributed by atoms with Gasteiger partial charge in [-0.05, 0) is 29.7 Å². The summed E-state index contributed by atoms with van der Waals surface area (Å²) in [6.45, 7) is 13.2. The number of nitrogens with zero attached hydrogens (tertiary/aromatic N) is 2. The van der Waals surface area contributed by atoms with Gasteiger partial charge in [0.2, 0.25) is 0 Å². The molecule has 0 aliphatic carbocycles. The third-order valence-electron chi connectivity index (χ3n) is 3.63. The zero-order valence-electron chi connectivity index (χ0n) is 14.1. The van der Waals surface area contributed by atoms with E-state index >= 15 is 0 Å². The Bertz CT molecular complexity index is 638. The van der Waals surface area contributed by atoms with Crippen LogP contribution in [0.3, 0.4) is 0 Å². The minimum atomic E-state index is -0.219. The molecule has 0 radical (unpaired) electrons. The van der Waals surface area contributed by atoms with Crippen molar-refractivity contribution in [1.29, 1.82) is 0 Å². The van der Waals surface area contributed by atoms with E-state index in [1.54, 1.807) is 12.1 Å². The van der Waals surface area contributed by atoms with E-state index in [4.69, 9.17) is 5.10 Å². The van der Waals surface area contributed by atoms with Crippen LogP contribution in [0.1, 0.15) is 52.8 Å². The molecule has 0 saturated heterocycles. The lowest BCUT2D eigenvalue weighted by Gasteiger charge is -2.28. The summed E-state index contributed by atoms with van der Waals surface area (Å²) in [6.07, 6.45) is 0. The molecule has 2 nitrogen and oxygen atoms in total. The molecule has 21 heavy (non-hydrogen) atoms. The van der Waals surface area contributed by atoms with Gasteiger partial charge in [-0.3, -0.25) is 4.68 Å². The Labute approximate surface area is 127 Å². The largest absolute Gasteiger partial charge is 0.271 e. The molecule has 0 aliphatic heterocycles. The molecule has 0 saturated carbocycles. The lowest BCUT2D eigenvalue weighted by molar-refractivity contribution is 0.492. The maximum Gasteiger partial charge on any atom is 0.123 e. The van der Waals surface area contributed by atoms with E-state index in [2.05, 4.69) is 41.5 Å². The van der Waals surface area contributed by atoms with Crippen LogP contribution < -0.4 is 0 Å². The van der Waals surface area contributed by atoms with Gasteiger partial charge in [0, 0.05) is 29.3 Å². The van der Waals surface area contributed by atoms with Crippen molar-refractivity contribution in [3.63, 3.8) is 0 Å². The van der Waals surface area contributed by atoms with Crippen LogP contribution in [-0.4, -0.2) is 9.78 Å². The molecule has 114 valence electrons. The highest BCUT2D eigenvalue weighted by Gasteiger charge is 2.32. The van der Waals surface area contributed by atoms with E-state index in [-0.39, 0.29) is 16.6 Å². The molecule has 0 bridgehead atoms. The fourth-order valence-corrected chi connectivity index (χ4v) is 2.90. The van der Waals surface area contributed by atoms with Gasteiger partial charge in [-0.1, -0.05) is 41.5 Å². The zero-order valence-corrected chi connectivity index (χ0v) is 14.1. The van der Waals surface area contributed by atoms with Crippen LogP contribution in [0.5, 0.6) is 0 Å². The lowest BCUT2D eigenvalue weighted by Crippen LogP contribution is -2.23. The van der Waals surface area contributed by atoms with Gasteiger partial charge >= 0.3 is 0 Å². The van der Waals surface area contributed by atoms with Crippen LogP contribution in [-0.2, 0) is 17.9 Å². The zero-order chi connectivity index (χ0) is 16.0. The molecule has 0 spiro atoms. The van der Waals surface area contributed by atoms with Crippen molar-refractivity contribution in [2.24, 2.45) is 7.05 Å². The molecule has 0 fully saturated rings. The van der Waals surface area contributed by atoms with Gasteiger partial charge < -0.3 is 0 Å². The maximum absolute atomic E-state index is 13.2. The van der Waals surface area contributed by atoms with Crippen LogP contribution in [0.25, 0.3) is 11.3 Å². The van der Waals surface area contributed by atoms with E-state index in [0.717, 1.165) is 11.3 Å². The molecule has 0 unspecified atom stereocenters. The predicted octanol–water partition coefficient (Wildman–Crippen LogP) is 4.82. The van der Waals surface area contributed by atoms with Crippen LogP contribution >= 0.6 is 0 Å². The average molecular weight is 288 g/mol. The molecule has 0 atom stereocenters. The minimum Gasteiger partial charge on any atom is -0.271 e. The van der Waals surface area contributed by atoms with Crippen LogP contribution in [0.2, 0.25) is 0 Å². The summed E-state index contributed by atoms with van der Waals surface area (Å²) < 4.78 is 15.2. The quantitative estimate of drug-likeness (QED) is 0.735. The fraction of sp³-hybridized carbons (Fsp3) is 0.500. The van der Waals surface area contributed by atoms with Crippen molar-refractivity contribution >= 4 is 0 Å². The van der Waals surface area contributed by atoms with Crippen molar-refractivity contribution in [3.05, 3.63) is 41.3 Å². The lowest BCUT2D eigenvalue weighted by atomic mass is 9.77. The maximum atomic E-state index is 13.2. The second-order valence-electron chi connectivity index (χ2n) is 7.70. The molecular formula is C18H25FN2. The molecule has 2 rings (SSSR count). The average Bonchev–Trinajstić information content (AvgIpc) is 2.67. The Morgan fingerprint density at radius 1 is 0.905 bits per heavy atom. The molecular weight excluding hydrogens is 263 g/mol. The Morgan fingerprint density at radius 3 is 1.86 bits per heavy atom. The van der Waals surface area contributed by atoms with Crippen molar-refractivity contribution in [3.8, 4) is 11.3 Å². The third kappa shape index (κ3) is 3.02. The van der Waals surface area contributed by atoms with E-state index < -0.39 is 0 Å². The summed E-state index contributed by atoms with van der Waals surface area (Å²) in [7, 11) is 1.99. The number of halogens is 1. The molecule has 3 heteroatoms. The smallest absolute Gasteiger partial charge is 0.123 e. The molecule has 1 aromatic carbocycles. The summed E-state index contributed by atoms with van der Waals surface area (Å²) in [5.41, 5.74) is 4.37. The highest BCUT2D eigenvalue weighted by molar-refractivity contribution is 5.66. The monoisotopic (exact) mass is 288 g/mol. The van der Waals surface area contributed by atoms with Gasteiger partial charge in [-0.25, -0.2) is 4.39 Å². The number of benzene rings is 1. The number of rotatable bonds is 1. The third-order valence-corrected chi connectivity index (χ3v) is 3.63. The Morgan fingerprint density at radius 2 is 1.43 bits per heavy atom. The van der Waals surface area contributed by atoms with E-state index in [0.29, 0.717) is 0 Å². The standard InChI is InChI=1S/C18H25FN2/c1-17(2,3)14-15(12-8-10-13(19)11-9-12)20-21(7)16(14)18(4,5)6/h8-11H,1-7H3. The highest BCUT2D eigenvalue weighted by Crippen LogP contribution is 2.39. The highest BCUT2D eigenvalue weighted by atomic mass is 19.1. The first-order valence-corrected chi connectivity index (χ1v) is 7.35. The van der Waals surface area contributed by atoms with Gasteiger partial charge in [0.15, 0.2) is 0 Å². The van der Waals surface area contributed by atoms with Gasteiger partial charge in [-0.2, -0.15) is 5.10 Å². The van der Waals surface area contributed by atoms with Gasteiger partial charge in [-0.15, -0.1) is 0 Å². The summed E-state index contributed by atoms with van der Waals surface area (Å²) in [4.78, 5) is 0. The number of aromatic nitrogens is 2. The fourth-order valence-electron chi connectivity index (χ4n) is 2.90. The van der Waals surface area contributed by atoms with Crippen molar-refractivity contribution in [2.75, 3.05) is 0 Å². The molecule has 1 heterocycles. The van der Waals surface area contributed by atoms with Gasteiger partial charge in [0.25, 0.3) is 0 Å². The Balaban J connectivity index is 2.76. The topological polar surface area (TPSA) is 17.8 Å². The molecule has 2 aromatic rings. The van der Waals surface area contributed by atoms with E-state index in [9.17, 15) is 4.39 Å². The van der Waals surface area contributed by atoms with Crippen molar-refractivity contribution in [2.45, 2.75) is 52.4 Å². The Kier molecular flexibility index (Phi) is 3.73. The summed E-state index contributed by atoms with van der Waals surface area (Å²) in [5, 5.41) is 4.74. The van der Waals surface area contributed by atoms with Crippen molar-refractivity contribution in [1.82, 2.24) is 9.78 Å². The number of hydrogen-bond acceptors (Lipinski definition) is 1. The number of hydrogen-bond donors (Lipinski definition) is 0. The molecule has 1 aromatic heterocycles. The summed E-state index contributed by atoms with van der Waals surface area (Å²) in [5.74, 6) is -0.219. The predicted molar refractivity (Wildman–Crippen MR) is 86.0 cm³/mol. The second kappa shape index (κ2) is 4.97. The van der Waals surface area contributed by atoms with E-state index in [1.807, 2.05) is 11.7 Å². The van der Waals surface area contributed by atoms with Gasteiger partial charge in [0.05, 0.1) is 5.69 Å². The van der Waals surface area contributed by atoms with Gasteiger partial charge in [0.1, 0.15) is 5.82 Å². The van der Waals surface area contributed by atoms with E-state index in [1.165, 1.54) is 23.4 Å². The first-order valence-electron chi connectivity index (χ1n) is 7.35. The molecule has 0 N–H and O–H groups in total. The second-order valence-corrected chi connectivity index (χ2v) is 7.70. The molecule has 0 amide bonds. The SMILES string of the molecule is Cn1nc(-c2ccc(F)cc2)c(C(C)(C)C)c1C(C)(C)C. The summed E-state index contributed by atoms with van der Waals surface area (Å²) >= 11 is 0. The van der Waals surface area contributed by atoms with Crippen LogP contribution in [0.15, 0.2) is 24.3 Å². The Hall–Kier alpha value is -1.64. The number of aryl methyl sites for hydroxylation is 1. The van der Waals surface area contributed by atoms with Crippen LogP contribution in [0.4, 0.5) is 4.39 Å². The summed E-state index contributed by atoms with van der Waals surface area (Å²) in [6, 6.07) is 6.60. The van der Waals surface area contributed by atoms with Crippen LogP contribution in [0, 0.1) is 5.82 Å². The first-order chi connectivity index (χ1) is 9.51. The first kappa shape index (κ1) is 15.7. The van der Waals surface area contributed by atoms with Crippen molar-refractivity contribution < 1.29 is 4.39 Å². The normalized spacial score (nSPS) is 12.8. The minimum absolute atomic E-state index is 0.00262.